The number of aromatic nitrogens is 1. The van der Waals surface area contributed by atoms with Gasteiger partial charge in [0.15, 0.2) is 0 Å². The van der Waals surface area contributed by atoms with Crippen LogP contribution in [-0.4, -0.2) is 27.9 Å². The van der Waals surface area contributed by atoms with Gasteiger partial charge in [0, 0.05) is 24.2 Å². The van der Waals surface area contributed by atoms with E-state index in [1.54, 1.807) is 13.0 Å². The summed E-state index contributed by atoms with van der Waals surface area (Å²) in [6.45, 7) is 1.80. The molecule has 6 nitrogen and oxygen atoms in total. The molecule has 0 aromatic carbocycles. The molecular formula is C15H18BrN5O. The Balaban J connectivity index is 1.66. The van der Waals surface area contributed by atoms with Crippen molar-refractivity contribution in [2.75, 3.05) is 0 Å². The van der Waals surface area contributed by atoms with Crippen LogP contribution in [0.2, 0.25) is 0 Å². The molecule has 4 atom stereocenters. The normalized spacial score (nSPS) is 30.4. The maximum atomic E-state index is 12.4. The second kappa shape index (κ2) is 6.32. The lowest BCUT2D eigenvalue weighted by molar-refractivity contribution is 0.0912. The average molecular weight is 364 g/mol. The van der Waals surface area contributed by atoms with Gasteiger partial charge in [-0.2, -0.15) is 5.26 Å². The van der Waals surface area contributed by atoms with Crippen LogP contribution in [0.4, 0.5) is 0 Å². The summed E-state index contributed by atoms with van der Waals surface area (Å²) in [7, 11) is 0. The summed E-state index contributed by atoms with van der Waals surface area (Å²) in [5, 5.41) is 11.9. The quantitative estimate of drug-likeness (QED) is 0.545. The molecule has 1 aromatic rings. The third kappa shape index (κ3) is 3.00. The first-order valence-corrected chi connectivity index (χ1v) is 8.33. The number of nitrogens with zero attached hydrogens (tertiary/aromatic N) is 2. The lowest BCUT2D eigenvalue weighted by atomic mass is 9.83. The van der Waals surface area contributed by atoms with E-state index in [9.17, 15) is 4.79 Å². The third-order valence-electron chi connectivity index (χ3n) is 4.44. The van der Waals surface area contributed by atoms with Crippen LogP contribution in [-0.2, 0) is 0 Å². The predicted molar refractivity (Wildman–Crippen MR) is 85.1 cm³/mol. The molecule has 1 aliphatic heterocycles. The van der Waals surface area contributed by atoms with E-state index in [1.165, 1.54) is 6.20 Å². The molecule has 0 spiro atoms. The standard InChI is InChI=1S/C15H18BrN5O/c1-8-4-9(6-17)7-18-13(8)15(22)19-10-2-3-12-11(5-10)14(16)21-20-12/h4,7,10-12,14,20-21H,2-3,5H2,1H3,(H,19,22). The molecule has 1 aromatic heterocycles. The minimum Gasteiger partial charge on any atom is -0.348 e. The Labute approximate surface area is 137 Å². The number of nitriles is 1. The van der Waals surface area contributed by atoms with Gasteiger partial charge in [0.1, 0.15) is 11.8 Å². The summed E-state index contributed by atoms with van der Waals surface area (Å²) < 4.78 is 0. The van der Waals surface area contributed by atoms with Gasteiger partial charge >= 0.3 is 0 Å². The molecule has 116 valence electrons. The van der Waals surface area contributed by atoms with E-state index in [-0.39, 0.29) is 16.9 Å². The zero-order valence-electron chi connectivity index (χ0n) is 12.3. The van der Waals surface area contributed by atoms with Gasteiger partial charge in [-0.05, 0) is 37.8 Å². The number of carbonyl (C=O) groups is 1. The molecule has 3 rings (SSSR count). The van der Waals surface area contributed by atoms with Crippen molar-refractivity contribution in [3.05, 3.63) is 29.1 Å². The maximum Gasteiger partial charge on any atom is 0.270 e. The van der Waals surface area contributed by atoms with Gasteiger partial charge < -0.3 is 5.32 Å². The van der Waals surface area contributed by atoms with Crippen LogP contribution in [0.15, 0.2) is 12.3 Å². The minimum absolute atomic E-state index is 0.157. The number of amides is 1. The van der Waals surface area contributed by atoms with Crippen molar-refractivity contribution >= 4 is 21.8 Å². The van der Waals surface area contributed by atoms with Gasteiger partial charge in [0.2, 0.25) is 0 Å². The molecule has 0 radical (unpaired) electrons. The first-order valence-electron chi connectivity index (χ1n) is 7.41. The lowest BCUT2D eigenvalue weighted by Crippen LogP contribution is -2.44. The highest BCUT2D eigenvalue weighted by Gasteiger charge is 2.39. The topological polar surface area (TPSA) is 89.8 Å². The first kappa shape index (κ1) is 15.4. The van der Waals surface area contributed by atoms with Crippen LogP contribution >= 0.6 is 15.9 Å². The van der Waals surface area contributed by atoms with Gasteiger partial charge in [-0.25, -0.2) is 10.4 Å². The highest BCUT2D eigenvalue weighted by Crippen LogP contribution is 2.32. The lowest BCUT2D eigenvalue weighted by Gasteiger charge is -2.32. The molecule has 0 bridgehead atoms. The van der Waals surface area contributed by atoms with Gasteiger partial charge in [0.05, 0.1) is 10.5 Å². The smallest absolute Gasteiger partial charge is 0.270 e. The molecule has 4 unspecified atom stereocenters. The van der Waals surface area contributed by atoms with Crippen LogP contribution in [0.3, 0.4) is 0 Å². The zero-order chi connectivity index (χ0) is 15.7. The van der Waals surface area contributed by atoms with Crippen LogP contribution in [0.5, 0.6) is 0 Å². The second-order valence-electron chi connectivity index (χ2n) is 5.95. The Bertz CT molecular complexity index is 629. The van der Waals surface area contributed by atoms with Gasteiger partial charge in [0.25, 0.3) is 5.91 Å². The van der Waals surface area contributed by atoms with E-state index in [1.807, 2.05) is 6.07 Å². The van der Waals surface area contributed by atoms with E-state index >= 15 is 0 Å². The summed E-state index contributed by atoms with van der Waals surface area (Å²) >= 11 is 3.62. The van der Waals surface area contributed by atoms with E-state index in [4.69, 9.17) is 5.26 Å². The van der Waals surface area contributed by atoms with Crippen LogP contribution in [0.1, 0.15) is 40.9 Å². The Morgan fingerprint density at radius 1 is 1.50 bits per heavy atom. The molecule has 2 fully saturated rings. The number of carbonyl (C=O) groups excluding carboxylic acids is 1. The van der Waals surface area contributed by atoms with Crippen molar-refractivity contribution in [3.63, 3.8) is 0 Å². The van der Waals surface area contributed by atoms with Gasteiger partial charge in [-0.3, -0.25) is 10.2 Å². The van der Waals surface area contributed by atoms with Crippen molar-refractivity contribution < 1.29 is 4.79 Å². The Kier molecular flexibility index (Phi) is 4.43. The van der Waals surface area contributed by atoms with E-state index in [0.717, 1.165) is 24.8 Å². The molecule has 2 aliphatic rings. The van der Waals surface area contributed by atoms with Crippen molar-refractivity contribution in [3.8, 4) is 6.07 Å². The summed E-state index contributed by atoms with van der Waals surface area (Å²) in [4.78, 5) is 16.8. The number of rotatable bonds is 2. The summed E-state index contributed by atoms with van der Waals surface area (Å²) in [6, 6.07) is 4.35. The maximum absolute atomic E-state index is 12.4. The monoisotopic (exact) mass is 363 g/mol. The Morgan fingerprint density at radius 2 is 2.32 bits per heavy atom. The number of hydrogen-bond acceptors (Lipinski definition) is 5. The highest BCUT2D eigenvalue weighted by molar-refractivity contribution is 9.09. The number of fused-ring (bicyclic) bond motifs is 1. The van der Waals surface area contributed by atoms with Crippen molar-refractivity contribution in [1.82, 2.24) is 21.2 Å². The molecule has 7 heteroatoms. The molecule has 22 heavy (non-hydrogen) atoms. The number of aryl methyl sites for hydroxylation is 1. The Morgan fingerprint density at radius 3 is 3.05 bits per heavy atom. The largest absolute Gasteiger partial charge is 0.348 e. The second-order valence-corrected chi connectivity index (χ2v) is 6.93. The Hall–Kier alpha value is -1.49. The molecule has 1 saturated carbocycles. The van der Waals surface area contributed by atoms with Gasteiger partial charge in [-0.15, -0.1) is 0 Å². The van der Waals surface area contributed by atoms with Crippen molar-refractivity contribution in [2.24, 2.45) is 5.92 Å². The first-order chi connectivity index (χ1) is 10.6. The number of hydrazine groups is 1. The van der Waals surface area contributed by atoms with Crippen LogP contribution in [0.25, 0.3) is 0 Å². The summed E-state index contributed by atoms with van der Waals surface area (Å²) in [5.74, 6) is 0.310. The summed E-state index contributed by atoms with van der Waals surface area (Å²) in [6.07, 6.45) is 4.36. The zero-order valence-corrected chi connectivity index (χ0v) is 13.9. The molecule has 1 saturated heterocycles. The minimum atomic E-state index is -0.157. The van der Waals surface area contributed by atoms with Crippen LogP contribution < -0.4 is 16.2 Å². The molecule has 2 heterocycles. The predicted octanol–water partition coefficient (Wildman–Crippen LogP) is 1.36. The van der Waals surface area contributed by atoms with E-state index < -0.39 is 0 Å². The molecular weight excluding hydrogens is 346 g/mol. The molecule has 1 amide bonds. The number of alkyl halides is 1. The number of nitrogens with one attached hydrogen (secondary N) is 3. The SMILES string of the molecule is Cc1cc(C#N)cnc1C(=O)NC1CCC2NNC(Br)C2C1. The third-order valence-corrected chi connectivity index (χ3v) is 5.35. The fraction of sp³-hybridized carbons (Fsp3) is 0.533. The van der Waals surface area contributed by atoms with E-state index in [0.29, 0.717) is 23.2 Å². The fourth-order valence-electron chi connectivity index (χ4n) is 3.26. The average Bonchev–Trinajstić information content (AvgIpc) is 2.88. The van der Waals surface area contributed by atoms with Crippen LogP contribution in [0, 0.1) is 24.2 Å². The number of pyridine rings is 1. The van der Waals surface area contributed by atoms with Crippen molar-refractivity contribution in [2.45, 2.75) is 43.2 Å². The number of hydrogen-bond donors (Lipinski definition) is 3. The van der Waals surface area contributed by atoms with Gasteiger partial charge in [-0.1, -0.05) is 15.9 Å². The number of halogens is 1. The highest BCUT2D eigenvalue weighted by atomic mass is 79.9. The molecule has 1 aliphatic carbocycles. The molecule has 3 N–H and O–H groups in total. The van der Waals surface area contributed by atoms with E-state index in [2.05, 4.69) is 37.1 Å². The van der Waals surface area contributed by atoms with Crippen molar-refractivity contribution in [1.29, 1.82) is 5.26 Å². The summed E-state index contributed by atoms with van der Waals surface area (Å²) in [5.41, 5.74) is 8.09. The fourth-order valence-corrected chi connectivity index (χ4v) is 3.98.